The summed E-state index contributed by atoms with van der Waals surface area (Å²) in [7, 11) is 0. The molecule has 10 heavy (non-hydrogen) atoms. The van der Waals surface area contributed by atoms with Crippen LogP contribution in [0.1, 0.15) is 0 Å². The van der Waals surface area contributed by atoms with Gasteiger partial charge in [-0.05, 0) is 1.73 Å². The molecule has 0 N–H and O–H groups in total. The molecule has 1 aliphatic heterocycles. The van der Waals surface area contributed by atoms with Gasteiger partial charge in [-0.3, -0.25) is 0 Å². The number of hydrogen-bond donors (Lipinski definition) is 0. The van der Waals surface area contributed by atoms with Crippen LogP contribution in [0.5, 0.6) is 0 Å². The predicted molar refractivity (Wildman–Crippen MR) is 78.5 cm³/mol. The van der Waals surface area contributed by atoms with Crippen molar-refractivity contribution in [2.45, 2.75) is 0 Å². The molecule has 0 aromatic carbocycles. The lowest BCUT2D eigenvalue weighted by atomic mass is 10.6. The Labute approximate surface area is 104 Å². The first kappa shape index (κ1) is 10.9. The molecule has 6 heteroatoms. The van der Waals surface area contributed by atoms with Crippen LogP contribution in [0.15, 0.2) is 0 Å². The summed E-state index contributed by atoms with van der Waals surface area (Å²) in [5.41, 5.74) is 0. The van der Waals surface area contributed by atoms with Gasteiger partial charge in [0.15, 0.2) is 0 Å². The van der Waals surface area contributed by atoms with E-state index in [4.69, 9.17) is 0 Å². The standard InChI is InChI=1S/C4H8I3NS2/c5-10(6,7)8-1-3-9-4-2-8/h1-4H2. The second-order valence-corrected chi connectivity index (χ2v) is 31.1. The summed E-state index contributed by atoms with van der Waals surface area (Å²) in [6, 6.07) is 0. The van der Waals surface area contributed by atoms with Crippen LogP contribution in [0, 0.1) is 0 Å². The van der Waals surface area contributed by atoms with Crippen molar-refractivity contribution in [3.05, 3.63) is 0 Å². The van der Waals surface area contributed by atoms with Gasteiger partial charge in [-0.15, -0.1) is 0 Å². The zero-order chi connectivity index (χ0) is 7.61. The quantitative estimate of drug-likeness (QED) is 0.490. The van der Waals surface area contributed by atoms with E-state index in [1.165, 1.54) is 24.6 Å². The van der Waals surface area contributed by atoms with Gasteiger partial charge in [0.05, 0.1) is 0 Å². The minimum absolute atomic E-state index is 0.496. The minimum atomic E-state index is -0.496. The van der Waals surface area contributed by atoms with Crippen LogP contribution >= 0.6 is 77.1 Å². The lowest BCUT2D eigenvalue weighted by molar-refractivity contribution is 0.526. The van der Waals surface area contributed by atoms with Gasteiger partial charge in [0.2, 0.25) is 0 Å². The summed E-state index contributed by atoms with van der Waals surface area (Å²) in [4.78, 5) is 0. The van der Waals surface area contributed by atoms with E-state index in [0.29, 0.717) is 0 Å². The third-order valence-electron chi connectivity index (χ3n) is 1.26. The molecule has 1 fully saturated rings. The molecule has 0 aliphatic carbocycles. The zero-order valence-electron chi connectivity index (χ0n) is 5.23. The highest BCUT2D eigenvalue weighted by atomic mass is 127. The van der Waals surface area contributed by atoms with Crippen molar-refractivity contribution in [1.29, 1.82) is 0 Å². The lowest BCUT2D eigenvalue weighted by Gasteiger charge is -2.36. The van der Waals surface area contributed by atoms with E-state index in [-0.39, 0.29) is 0 Å². The summed E-state index contributed by atoms with van der Waals surface area (Å²) < 4.78 is 2.11. The molecule has 1 aliphatic rings. The summed E-state index contributed by atoms with van der Waals surface area (Å²) in [5, 5.41) is 0. The van der Waals surface area contributed by atoms with E-state index in [9.17, 15) is 0 Å². The van der Waals surface area contributed by atoms with E-state index < -0.39 is 1.73 Å². The molecular formula is C4H8I3NS2. The fourth-order valence-corrected chi connectivity index (χ4v) is 6.03. The molecule has 0 amide bonds. The molecule has 0 bridgehead atoms. The van der Waals surface area contributed by atoms with E-state index in [0.717, 1.165) is 0 Å². The molecule has 0 unspecified atom stereocenters. The molecule has 1 heterocycles. The van der Waals surface area contributed by atoms with Gasteiger partial charge >= 0.3 is 0 Å². The average molecular weight is 515 g/mol. The number of halogens is 3. The molecule has 0 radical (unpaired) electrons. The van der Waals surface area contributed by atoms with E-state index in [1.54, 1.807) is 0 Å². The van der Waals surface area contributed by atoms with Crippen molar-refractivity contribution < 1.29 is 0 Å². The van der Waals surface area contributed by atoms with Crippen molar-refractivity contribution in [2.24, 2.45) is 0 Å². The SMILES string of the molecule is IS(I)(I)N1CCSCC1. The van der Waals surface area contributed by atoms with Crippen molar-refractivity contribution >= 4 is 77.1 Å². The van der Waals surface area contributed by atoms with Gasteiger partial charge in [-0.25, -0.2) is 4.31 Å². The van der Waals surface area contributed by atoms with Crippen LogP contribution in [-0.2, 0) is 0 Å². The van der Waals surface area contributed by atoms with Crippen LogP contribution < -0.4 is 0 Å². The normalized spacial score (nSPS) is 24.7. The van der Waals surface area contributed by atoms with Crippen molar-refractivity contribution in [2.75, 3.05) is 24.6 Å². The Morgan fingerprint density at radius 1 is 1.10 bits per heavy atom. The van der Waals surface area contributed by atoms with Crippen LogP contribution in [0.4, 0.5) is 0 Å². The minimum Gasteiger partial charge on any atom is -0.242 e. The average Bonchev–Trinajstić information content (AvgIpc) is 1.88. The van der Waals surface area contributed by atoms with Crippen LogP contribution in [0.25, 0.3) is 0 Å². The first-order chi connectivity index (χ1) is 4.61. The van der Waals surface area contributed by atoms with Gasteiger partial charge < -0.3 is 0 Å². The maximum atomic E-state index is 2.60. The van der Waals surface area contributed by atoms with Crippen molar-refractivity contribution in [3.63, 3.8) is 0 Å². The first-order valence-corrected chi connectivity index (χ1v) is 13.2. The number of nitrogens with zero attached hydrogens (tertiary/aromatic N) is 1. The molecule has 0 atom stereocenters. The lowest BCUT2D eigenvalue weighted by Crippen LogP contribution is -2.28. The van der Waals surface area contributed by atoms with Gasteiger partial charge in [0.25, 0.3) is 0 Å². The molecule has 1 nitrogen and oxygen atoms in total. The highest BCUT2D eigenvalue weighted by molar-refractivity contribution is 14.5. The van der Waals surface area contributed by atoms with Gasteiger partial charge in [-0.2, -0.15) is 11.8 Å². The van der Waals surface area contributed by atoms with Crippen molar-refractivity contribution in [1.82, 2.24) is 4.31 Å². The highest BCUT2D eigenvalue weighted by Crippen LogP contribution is 2.73. The molecule has 0 aromatic heterocycles. The third-order valence-corrected chi connectivity index (χ3v) is 8.17. The topological polar surface area (TPSA) is 3.24 Å². The number of hydrogen-bond acceptors (Lipinski definition) is 2. The molecule has 0 aromatic rings. The molecule has 0 saturated carbocycles. The predicted octanol–water partition coefficient (Wildman–Crippen LogP) is 3.80. The van der Waals surface area contributed by atoms with Crippen LogP contribution in [-0.4, -0.2) is 28.9 Å². The zero-order valence-corrected chi connectivity index (χ0v) is 13.3. The first-order valence-electron chi connectivity index (χ1n) is 2.86. The Morgan fingerprint density at radius 3 is 1.90 bits per heavy atom. The summed E-state index contributed by atoms with van der Waals surface area (Å²) in [5.74, 6) is 2.65. The Hall–Kier alpha value is 2.85. The maximum Gasteiger partial charge on any atom is 0.0186 e. The molecule has 0 spiro atoms. The fraction of sp³-hybridized carbons (Fsp3) is 1.00. The van der Waals surface area contributed by atoms with Gasteiger partial charge in [-0.1, -0.05) is 0 Å². The van der Waals surface area contributed by atoms with Crippen LogP contribution in [0.3, 0.4) is 0 Å². The third kappa shape index (κ3) is 3.71. The molecule has 1 rings (SSSR count). The Kier molecular flexibility index (Phi) is 5.37. The fourth-order valence-electron chi connectivity index (χ4n) is 0.754. The summed E-state index contributed by atoms with van der Waals surface area (Å²) in [6.07, 6.45) is 0. The van der Waals surface area contributed by atoms with E-state index in [1.807, 2.05) is 0 Å². The van der Waals surface area contributed by atoms with Crippen molar-refractivity contribution in [3.8, 4) is 0 Å². The largest absolute Gasteiger partial charge is 0.242 e. The maximum absolute atomic E-state index is 2.60. The smallest absolute Gasteiger partial charge is 0.0186 e. The molecule has 1 saturated heterocycles. The molecular weight excluding hydrogens is 507 g/mol. The summed E-state index contributed by atoms with van der Waals surface area (Å²) >= 11 is 9.78. The van der Waals surface area contributed by atoms with Gasteiger partial charge in [0.1, 0.15) is 0 Å². The Bertz CT molecular complexity index is 110. The highest BCUT2D eigenvalue weighted by Gasteiger charge is 2.23. The number of thioether (sulfide) groups is 1. The van der Waals surface area contributed by atoms with Crippen LogP contribution in [0.2, 0.25) is 0 Å². The molecule has 62 valence electrons. The second-order valence-electron chi connectivity index (χ2n) is 1.92. The summed E-state index contributed by atoms with van der Waals surface area (Å²) in [6.45, 7) is 2.57. The van der Waals surface area contributed by atoms with Gasteiger partial charge in [0, 0.05) is 88.2 Å². The van der Waals surface area contributed by atoms with E-state index in [2.05, 4.69) is 79.7 Å². The monoisotopic (exact) mass is 515 g/mol. The Balaban J connectivity index is 2.39. The van der Waals surface area contributed by atoms with E-state index >= 15 is 0 Å². The Morgan fingerprint density at radius 2 is 1.60 bits per heavy atom. The second kappa shape index (κ2) is 4.91. The number of rotatable bonds is 1.